The third-order valence-electron chi connectivity index (χ3n) is 5.73. The van der Waals surface area contributed by atoms with Crippen LogP contribution in [0.3, 0.4) is 0 Å². The second-order valence-electron chi connectivity index (χ2n) is 7.81. The summed E-state index contributed by atoms with van der Waals surface area (Å²) in [5, 5.41) is 11.5. The van der Waals surface area contributed by atoms with Gasteiger partial charge in [0.25, 0.3) is 0 Å². The fourth-order valence-electron chi connectivity index (χ4n) is 4.13. The van der Waals surface area contributed by atoms with Gasteiger partial charge in [-0.15, -0.1) is 0 Å². The van der Waals surface area contributed by atoms with Gasteiger partial charge in [-0.1, -0.05) is 18.2 Å². The van der Waals surface area contributed by atoms with Gasteiger partial charge < -0.3 is 20.0 Å². The molecule has 0 amide bonds. The smallest absolute Gasteiger partial charge is 0.423 e. The first-order valence-electron chi connectivity index (χ1n) is 10.3. The summed E-state index contributed by atoms with van der Waals surface area (Å²) in [7, 11) is -4.08. The lowest BCUT2D eigenvalue weighted by atomic mass is 10.1. The molecule has 0 unspecified atom stereocenters. The van der Waals surface area contributed by atoms with Gasteiger partial charge in [0.1, 0.15) is 35.7 Å². The molecular formula is C20H18N5O8P. The molecule has 0 spiro atoms. The van der Waals surface area contributed by atoms with E-state index in [9.17, 15) is 14.5 Å². The Kier molecular flexibility index (Phi) is 4.99. The summed E-state index contributed by atoms with van der Waals surface area (Å²) in [5.74, 6) is 0.189. The lowest BCUT2D eigenvalue weighted by Gasteiger charge is -2.30. The quantitative estimate of drug-likeness (QED) is 0.314. The predicted octanol–water partition coefficient (Wildman–Crippen LogP) is 1.51. The minimum absolute atomic E-state index is 0.142. The number of aliphatic hydroxyl groups is 1. The average molecular weight is 487 g/mol. The Labute approximate surface area is 190 Å². The summed E-state index contributed by atoms with van der Waals surface area (Å²) in [6.07, 6.45) is -1.19. The molecule has 2 saturated heterocycles. The van der Waals surface area contributed by atoms with E-state index in [1.165, 1.54) is 23.3 Å². The highest BCUT2D eigenvalue weighted by Gasteiger charge is 2.53. The van der Waals surface area contributed by atoms with E-state index >= 15 is 0 Å². The standard InChI is InChI=1S/C20H18N5O8P/c21-18-15-19(23-8-22-18)25(9-24-15)20-16(27)17-13(32-20)7-30-34(28,33-17)29-6-10-5-14(26)31-12-4-2-1-3-11(10)12/h1-5,8-9,13,16-17,20,27H,6-7H2,(H2,21,22,23)/t13-,16-,17-,20-,34+/m1/s1. The van der Waals surface area contributed by atoms with Crippen molar-refractivity contribution in [2.75, 3.05) is 12.3 Å². The monoisotopic (exact) mass is 487 g/mol. The number of phosphoric ester groups is 1. The molecule has 0 bridgehead atoms. The molecule has 176 valence electrons. The Morgan fingerprint density at radius 2 is 2.12 bits per heavy atom. The summed E-state index contributed by atoms with van der Waals surface area (Å²) >= 11 is 0. The molecule has 1 aromatic carbocycles. The minimum atomic E-state index is -4.08. The highest BCUT2D eigenvalue weighted by molar-refractivity contribution is 7.48. The van der Waals surface area contributed by atoms with Gasteiger partial charge in [0.15, 0.2) is 17.7 Å². The van der Waals surface area contributed by atoms with Gasteiger partial charge in [-0.05, 0) is 11.6 Å². The number of phosphoric acid groups is 1. The van der Waals surface area contributed by atoms with Crippen LogP contribution in [0.2, 0.25) is 0 Å². The van der Waals surface area contributed by atoms with E-state index in [-0.39, 0.29) is 19.0 Å². The number of nitrogens with zero attached hydrogens (tertiary/aromatic N) is 4. The molecular weight excluding hydrogens is 469 g/mol. The van der Waals surface area contributed by atoms with Crippen molar-refractivity contribution in [3.8, 4) is 0 Å². The van der Waals surface area contributed by atoms with Crippen molar-refractivity contribution in [2.24, 2.45) is 0 Å². The van der Waals surface area contributed by atoms with Gasteiger partial charge in [0, 0.05) is 11.5 Å². The summed E-state index contributed by atoms with van der Waals surface area (Å²) in [4.78, 5) is 24.1. The Hall–Kier alpha value is -3.19. The zero-order valence-corrected chi connectivity index (χ0v) is 18.3. The van der Waals surface area contributed by atoms with Gasteiger partial charge in [0.2, 0.25) is 0 Å². The summed E-state index contributed by atoms with van der Waals surface area (Å²) in [6.45, 7) is -0.375. The second-order valence-corrected chi connectivity index (χ2v) is 9.43. The third-order valence-corrected chi connectivity index (χ3v) is 7.14. The number of nitrogens with two attached hydrogens (primary N) is 1. The van der Waals surface area contributed by atoms with E-state index in [0.29, 0.717) is 27.7 Å². The first-order chi connectivity index (χ1) is 16.4. The second kappa shape index (κ2) is 7.94. The molecule has 6 rings (SSSR count). The van der Waals surface area contributed by atoms with Crippen molar-refractivity contribution >= 4 is 35.8 Å². The fraction of sp³-hybridized carbons (Fsp3) is 0.300. The van der Waals surface area contributed by atoms with Crippen molar-refractivity contribution < 1.29 is 32.4 Å². The van der Waals surface area contributed by atoms with Crippen LogP contribution < -0.4 is 11.4 Å². The Morgan fingerprint density at radius 1 is 1.26 bits per heavy atom. The summed E-state index contributed by atoms with van der Waals surface area (Å²) in [5.41, 5.74) is 6.81. The lowest BCUT2D eigenvalue weighted by Crippen LogP contribution is -2.39. The first kappa shape index (κ1) is 21.4. The van der Waals surface area contributed by atoms with Crippen LogP contribution in [-0.2, 0) is 29.5 Å². The van der Waals surface area contributed by atoms with Crippen LogP contribution in [0.1, 0.15) is 11.8 Å². The van der Waals surface area contributed by atoms with Crippen LogP contribution in [0, 0.1) is 0 Å². The number of rotatable bonds is 4. The van der Waals surface area contributed by atoms with Crippen LogP contribution in [0.4, 0.5) is 5.82 Å². The van der Waals surface area contributed by atoms with Crippen molar-refractivity contribution in [1.82, 2.24) is 19.5 Å². The zero-order chi connectivity index (χ0) is 23.4. The molecule has 3 aromatic heterocycles. The molecule has 13 nitrogen and oxygen atoms in total. The average Bonchev–Trinajstić information content (AvgIpc) is 3.39. The maximum absolute atomic E-state index is 13.2. The molecule has 3 N–H and O–H groups in total. The number of aromatic nitrogens is 4. The van der Waals surface area contributed by atoms with Crippen molar-refractivity contribution in [3.63, 3.8) is 0 Å². The van der Waals surface area contributed by atoms with E-state index in [2.05, 4.69) is 15.0 Å². The normalized spacial score (nSPS) is 29.0. The third kappa shape index (κ3) is 3.50. The number of hydrogen-bond acceptors (Lipinski definition) is 12. The number of ether oxygens (including phenoxy) is 1. The molecule has 0 radical (unpaired) electrons. The number of nitrogen functional groups attached to an aromatic ring is 1. The molecule has 5 heterocycles. The minimum Gasteiger partial charge on any atom is -0.423 e. The topological polar surface area (TPSA) is 174 Å². The molecule has 0 saturated carbocycles. The molecule has 5 atom stereocenters. The first-order valence-corrected chi connectivity index (χ1v) is 11.7. The fourth-order valence-corrected chi connectivity index (χ4v) is 5.51. The van der Waals surface area contributed by atoms with E-state index in [1.807, 2.05) is 0 Å². The number of imidazole rings is 1. The number of fused-ring (bicyclic) bond motifs is 3. The summed E-state index contributed by atoms with van der Waals surface area (Å²) in [6, 6.07) is 8.15. The molecule has 2 aliphatic rings. The SMILES string of the molecule is Nc1ncnc2c1ncn2[C@@H]1O[C@@H]2CO[P@](=O)(OCc3cc(=O)oc4ccccc34)O[C@H]2[C@H]1O. The van der Waals surface area contributed by atoms with E-state index < -0.39 is 38.0 Å². The van der Waals surface area contributed by atoms with E-state index in [1.54, 1.807) is 24.3 Å². The largest absolute Gasteiger partial charge is 0.475 e. The zero-order valence-electron chi connectivity index (χ0n) is 17.4. The van der Waals surface area contributed by atoms with Crippen molar-refractivity contribution in [1.29, 1.82) is 0 Å². The maximum atomic E-state index is 13.2. The molecule has 4 aromatic rings. The Bertz CT molecular complexity index is 1510. The van der Waals surface area contributed by atoms with Gasteiger partial charge in [0.05, 0.1) is 19.5 Å². The van der Waals surface area contributed by atoms with Gasteiger partial charge in [-0.25, -0.2) is 24.3 Å². The van der Waals surface area contributed by atoms with Gasteiger partial charge in [-0.2, -0.15) is 0 Å². The summed E-state index contributed by atoms with van der Waals surface area (Å²) < 4.78 is 42.2. The van der Waals surface area contributed by atoms with Gasteiger partial charge >= 0.3 is 13.4 Å². The number of hydrogen-bond donors (Lipinski definition) is 2. The van der Waals surface area contributed by atoms with Crippen molar-refractivity contribution in [2.45, 2.75) is 31.1 Å². The molecule has 2 aliphatic heterocycles. The molecule has 0 aliphatic carbocycles. The van der Waals surface area contributed by atoms with Crippen LogP contribution in [-0.4, -0.2) is 49.5 Å². The number of anilines is 1. The van der Waals surface area contributed by atoms with Crippen LogP contribution >= 0.6 is 7.82 Å². The van der Waals surface area contributed by atoms with E-state index in [0.717, 1.165) is 0 Å². The molecule has 34 heavy (non-hydrogen) atoms. The maximum Gasteiger partial charge on any atom is 0.475 e. The van der Waals surface area contributed by atoms with Crippen LogP contribution in [0.25, 0.3) is 22.1 Å². The van der Waals surface area contributed by atoms with Crippen LogP contribution in [0.15, 0.2) is 52.2 Å². The lowest BCUT2D eigenvalue weighted by molar-refractivity contribution is -0.0714. The molecule has 14 heteroatoms. The highest BCUT2D eigenvalue weighted by atomic mass is 31.2. The number of benzene rings is 1. The number of aliphatic hydroxyl groups excluding tert-OH is 1. The van der Waals surface area contributed by atoms with E-state index in [4.69, 9.17) is 28.5 Å². The Morgan fingerprint density at radius 3 is 3.00 bits per heavy atom. The predicted molar refractivity (Wildman–Crippen MR) is 115 cm³/mol. The number of para-hydroxylation sites is 1. The highest BCUT2D eigenvalue weighted by Crippen LogP contribution is 2.57. The van der Waals surface area contributed by atoms with Gasteiger partial charge in [-0.3, -0.25) is 18.1 Å². The van der Waals surface area contributed by atoms with Crippen LogP contribution in [0.5, 0.6) is 0 Å². The van der Waals surface area contributed by atoms with Crippen molar-refractivity contribution in [3.05, 3.63) is 59.0 Å². The molecule has 2 fully saturated rings. The Balaban J connectivity index is 1.22.